The first-order valence-electron chi connectivity index (χ1n) is 5.99. The van der Waals surface area contributed by atoms with Crippen LogP contribution in [-0.2, 0) is 9.53 Å². The number of esters is 1. The topological polar surface area (TPSA) is 43.4 Å². The van der Waals surface area contributed by atoms with Crippen molar-refractivity contribution in [3.05, 3.63) is 35.9 Å². The normalized spacial score (nSPS) is 11.9. The molecule has 0 aliphatic carbocycles. The quantitative estimate of drug-likeness (QED) is 0.432. The van der Waals surface area contributed by atoms with E-state index in [2.05, 4.69) is 0 Å². The molecule has 0 N–H and O–H groups in total. The molecule has 0 radical (unpaired) electrons. The summed E-state index contributed by atoms with van der Waals surface area (Å²) in [5, 5.41) is 0. The molecule has 17 heavy (non-hydrogen) atoms. The Kier molecular flexibility index (Phi) is 5.40. The molecule has 1 rings (SSSR count). The van der Waals surface area contributed by atoms with Gasteiger partial charge in [-0.05, 0) is 12.8 Å². The van der Waals surface area contributed by atoms with E-state index in [4.69, 9.17) is 4.74 Å². The summed E-state index contributed by atoms with van der Waals surface area (Å²) in [6.45, 7) is 3.97. The fraction of sp³-hybridized carbons (Fsp3) is 0.429. The Balaban J connectivity index is 2.61. The van der Waals surface area contributed by atoms with Crippen molar-refractivity contribution in [2.24, 2.45) is 0 Å². The highest BCUT2D eigenvalue weighted by molar-refractivity contribution is 6.40. The Morgan fingerprint density at radius 2 is 1.82 bits per heavy atom. The number of ether oxygens (including phenoxy) is 1. The third-order valence-electron chi connectivity index (χ3n) is 2.56. The van der Waals surface area contributed by atoms with Crippen molar-refractivity contribution in [3.63, 3.8) is 0 Å². The van der Waals surface area contributed by atoms with Crippen molar-refractivity contribution >= 4 is 11.8 Å². The van der Waals surface area contributed by atoms with Crippen LogP contribution in [0, 0.1) is 0 Å². The molecule has 0 heterocycles. The van der Waals surface area contributed by atoms with Gasteiger partial charge in [0.05, 0.1) is 0 Å². The van der Waals surface area contributed by atoms with Crippen LogP contribution >= 0.6 is 0 Å². The van der Waals surface area contributed by atoms with E-state index in [-0.39, 0.29) is 6.10 Å². The number of benzene rings is 1. The molecule has 0 bridgehead atoms. The molecule has 0 amide bonds. The second-order valence-corrected chi connectivity index (χ2v) is 3.92. The molecule has 1 aromatic carbocycles. The lowest BCUT2D eigenvalue weighted by Crippen LogP contribution is -2.24. The van der Waals surface area contributed by atoms with Crippen molar-refractivity contribution in [2.45, 2.75) is 39.2 Å². The maximum atomic E-state index is 11.7. The van der Waals surface area contributed by atoms with E-state index in [0.717, 1.165) is 19.3 Å². The number of carbonyl (C=O) groups is 2. The smallest absolute Gasteiger partial charge is 0.379 e. The van der Waals surface area contributed by atoms with Gasteiger partial charge in [-0.2, -0.15) is 0 Å². The average Bonchev–Trinajstić information content (AvgIpc) is 2.38. The number of Topliss-reactive ketones (excluding diaryl/α,β-unsaturated/α-hetero) is 1. The van der Waals surface area contributed by atoms with Crippen molar-refractivity contribution in [1.82, 2.24) is 0 Å². The van der Waals surface area contributed by atoms with Gasteiger partial charge in [-0.25, -0.2) is 4.79 Å². The molecule has 0 aliphatic heterocycles. The first kappa shape index (κ1) is 13.4. The summed E-state index contributed by atoms with van der Waals surface area (Å²) < 4.78 is 5.17. The maximum absolute atomic E-state index is 11.7. The predicted molar refractivity (Wildman–Crippen MR) is 65.9 cm³/mol. The molecule has 3 nitrogen and oxygen atoms in total. The second kappa shape index (κ2) is 6.84. The summed E-state index contributed by atoms with van der Waals surface area (Å²) in [5.41, 5.74) is 0.379. The van der Waals surface area contributed by atoms with Gasteiger partial charge < -0.3 is 4.74 Å². The van der Waals surface area contributed by atoms with Gasteiger partial charge in [-0.15, -0.1) is 0 Å². The SMILES string of the molecule is CCCC(CC)OC(=O)C(=O)c1ccccc1. The van der Waals surface area contributed by atoms with Crippen LogP contribution in [0.5, 0.6) is 0 Å². The van der Waals surface area contributed by atoms with Crippen LogP contribution in [0.4, 0.5) is 0 Å². The van der Waals surface area contributed by atoms with Gasteiger partial charge in [0.15, 0.2) is 0 Å². The van der Waals surface area contributed by atoms with Crippen LogP contribution in [0.25, 0.3) is 0 Å². The van der Waals surface area contributed by atoms with Crippen LogP contribution in [0.1, 0.15) is 43.5 Å². The first-order valence-corrected chi connectivity index (χ1v) is 5.99. The van der Waals surface area contributed by atoms with Crippen LogP contribution < -0.4 is 0 Å². The van der Waals surface area contributed by atoms with Crippen molar-refractivity contribution in [3.8, 4) is 0 Å². The zero-order chi connectivity index (χ0) is 12.7. The largest absolute Gasteiger partial charge is 0.456 e. The molecule has 92 valence electrons. The summed E-state index contributed by atoms with van der Waals surface area (Å²) in [5.74, 6) is -1.32. The van der Waals surface area contributed by atoms with Crippen molar-refractivity contribution in [1.29, 1.82) is 0 Å². The lowest BCUT2D eigenvalue weighted by Gasteiger charge is -2.14. The lowest BCUT2D eigenvalue weighted by atomic mass is 10.1. The Hall–Kier alpha value is -1.64. The van der Waals surface area contributed by atoms with Crippen molar-refractivity contribution < 1.29 is 14.3 Å². The molecule has 0 fully saturated rings. The van der Waals surface area contributed by atoms with Gasteiger partial charge in [0.1, 0.15) is 6.10 Å². The Morgan fingerprint density at radius 3 is 2.35 bits per heavy atom. The molecule has 3 heteroatoms. The average molecular weight is 234 g/mol. The van der Waals surface area contributed by atoms with Gasteiger partial charge in [-0.1, -0.05) is 50.6 Å². The molecule has 1 atom stereocenters. The predicted octanol–water partition coefficient (Wildman–Crippen LogP) is 2.99. The highest BCUT2D eigenvalue weighted by atomic mass is 16.5. The number of carbonyl (C=O) groups excluding carboxylic acids is 2. The zero-order valence-electron chi connectivity index (χ0n) is 10.3. The van der Waals surface area contributed by atoms with Crippen LogP contribution in [0.3, 0.4) is 0 Å². The third-order valence-corrected chi connectivity index (χ3v) is 2.56. The Bertz CT molecular complexity index is 370. The monoisotopic (exact) mass is 234 g/mol. The van der Waals surface area contributed by atoms with Crippen molar-refractivity contribution in [2.75, 3.05) is 0 Å². The first-order chi connectivity index (χ1) is 8.19. The number of ketones is 1. The van der Waals surface area contributed by atoms with Gasteiger partial charge in [-0.3, -0.25) is 4.79 Å². The van der Waals surface area contributed by atoms with E-state index < -0.39 is 11.8 Å². The molecule has 1 unspecified atom stereocenters. The summed E-state index contributed by atoms with van der Waals surface area (Å²) in [6.07, 6.45) is 2.32. The van der Waals surface area contributed by atoms with Crippen LogP contribution in [-0.4, -0.2) is 17.9 Å². The van der Waals surface area contributed by atoms with Crippen LogP contribution in [0.15, 0.2) is 30.3 Å². The highest BCUT2D eigenvalue weighted by Crippen LogP contribution is 2.09. The molecule has 1 aromatic rings. The molecule has 0 saturated carbocycles. The fourth-order valence-corrected chi connectivity index (χ4v) is 1.58. The Morgan fingerprint density at radius 1 is 1.18 bits per heavy atom. The minimum absolute atomic E-state index is 0.153. The van der Waals surface area contributed by atoms with E-state index in [1.54, 1.807) is 30.3 Å². The Labute approximate surface area is 102 Å². The second-order valence-electron chi connectivity index (χ2n) is 3.92. The van der Waals surface area contributed by atoms with Gasteiger partial charge in [0.2, 0.25) is 0 Å². The lowest BCUT2D eigenvalue weighted by molar-refractivity contribution is -0.143. The summed E-state index contributed by atoms with van der Waals surface area (Å²) in [7, 11) is 0. The summed E-state index contributed by atoms with van der Waals surface area (Å²) >= 11 is 0. The number of hydrogen-bond donors (Lipinski definition) is 0. The highest BCUT2D eigenvalue weighted by Gasteiger charge is 2.20. The standard InChI is InChI=1S/C14H18O3/c1-3-8-12(4-2)17-14(16)13(15)11-9-6-5-7-10-11/h5-7,9-10,12H,3-4,8H2,1-2H3. The molecule has 0 saturated heterocycles. The fourth-order valence-electron chi connectivity index (χ4n) is 1.58. The zero-order valence-corrected chi connectivity index (χ0v) is 10.3. The minimum Gasteiger partial charge on any atom is -0.456 e. The van der Waals surface area contributed by atoms with E-state index in [1.165, 1.54) is 0 Å². The number of hydrogen-bond acceptors (Lipinski definition) is 3. The molecule has 0 aromatic heterocycles. The molecular formula is C14H18O3. The minimum atomic E-state index is -0.753. The van der Waals surface area contributed by atoms with Gasteiger partial charge >= 0.3 is 5.97 Å². The number of rotatable bonds is 6. The van der Waals surface area contributed by atoms with E-state index >= 15 is 0 Å². The summed E-state index contributed by atoms with van der Waals surface area (Å²) in [4.78, 5) is 23.3. The molecular weight excluding hydrogens is 216 g/mol. The van der Waals surface area contributed by atoms with Gasteiger partial charge in [0.25, 0.3) is 5.78 Å². The van der Waals surface area contributed by atoms with E-state index in [9.17, 15) is 9.59 Å². The summed E-state index contributed by atoms with van der Waals surface area (Å²) in [6, 6.07) is 8.48. The van der Waals surface area contributed by atoms with E-state index in [0.29, 0.717) is 5.56 Å². The van der Waals surface area contributed by atoms with Crippen LogP contribution in [0.2, 0.25) is 0 Å². The molecule has 0 spiro atoms. The maximum Gasteiger partial charge on any atom is 0.379 e. The van der Waals surface area contributed by atoms with Gasteiger partial charge in [0, 0.05) is 5.56 Å². The molecule has 0 aliphatic rings. The van der Waals surface area contributed by atoms with E-state index in [1.807, 2.05) is 13.8 Å². The third kappa shape index (κ3) is 4.02.